The molecule has 1 heterocycles. The Kier molecular flexibility index (Phi) is 4.19. The third-order valence-electron chi connectivity index (χ3n) is 4.78. The van der Waals surface area contributed by atoms with Gasteiger partial charge in [-0.1, -0.05) is 12.1 Å². The largest absolute Gasteiger partial charge is 0.507 e. The van der Waals surface area contributed by atoms with Crippen LogP contribution in [0.2, 0.25) is 0 Å². The van der Waals surface area contributed by atoms with E-state index >= 15 is 0 Å². The fraction of sp³-hybridized carbons (Fsp3) is 0.0476. The first-order valence-corrected chi connectivity index (χ1v) is 8.45. The summed E-state index contributed by atoms with van der Waals surface area (Å²) in [6, 6.07) is 9.90. The second kappa shape index (κ2) is 6.59. The van der Waals surface area contributed by atoms with Gasteiger partial charge in [-0.25, -0.2) is 13.6 Å². The summed E-state index contributed by atoms with van der Waals surface area (Å²) in [6.45, 7) is -0.0243. The van der Waals surface area contributed by atoms with E-state index in [4.69, 9.17) is 5.11 Å². The molecule has 0 fully saturated rings. The highest BCUT2D eigenvalue weighted by Gasteiger charge is 2.32. The second-order valence-electron chi connectivity index (χ2n) is 6.56. The average Bonchev–Trinajstić information content (AvgIpc) is 2.99. The molecular formula is C21H13F2NO5. The van der Waals surface area contributed by atoms with E-state index < -0.39 is 29.3 Å². The number of fused-ring (bicyclic) bond motifs is 1. The van der Waals surface area contributed by atoms with Crippen LogP contribution in [0.4, 0.5) is 14.5 Å². The molecule has 0 aliphatic carbocycles. The van der Waals surface area contributed by atoms with Crippen molar-refractivity contribution in [1.82, 2.24) is 0 Å². The Morgan fingerprint density at radius 1 is 0.897 bits per heavy atom. The highest BCUT2D eigenvalue weighted by Crippen LogP contribution is 2.39. The molecule has 3 aromatic carbocycles. The lowest BCUT2D eigenvalue weighted by Gasteiger charge is -2.18. The van der Waals surface area contributed by atoms with E-state index in [2.05, 4.69) is 0 Å². The highest BCUT2D eigenvalue weighted by atomic mass is 19.2. The second-order valence-corrected chi connectivity index (χ2v) is 6.56. The van der Waals surface area contributed by atoms with Gasteiger partial charge in [0.15, 0.2) is 11.6 Å². The fourth-order valence-electron chi connectivity index (χ4n) is 3.31. The normalized spacial score (nSPS) is 12.9. The molecule has 0 atom stereocenters. The van der Waals surface area contributed by atoms with Gasteiger partial charge in [0.05, 0.1) is 12.2 Å². The van der Waals surface area contributed by atoms with Gasteiger partial charge in [-0.2, -0.15) is 0 Å². The number of rotatable bonds is 3. The average molecular weight is 397 g/mol. The minimum atomic E-state index is -1.33. The zero-order chi connectivity index (χ0) is 20.9. The molecule has 1 aliphatic heterocycles. The van der Waals surface area contributed by atoms with Gasteiger partial charge >= 0.3 is 5.97 Å². The number of nitrogens with zero attached hydrogens (tertiary/aromatic N) is 1. The Morgan fingerprint density at radius 3 is 2.28 bits per heavy atom. The van der Waals surface area contributed by atoms with E-state index in [9.17, 15) is 28.6 Å². The van der Waals surface area contributed by atoms with Crippen LogP contribution in [0.3, 0.4) is 0 Å². The van der Waals surface area contributed by atoms with Gasteiger partial charge in [0, 0.05) is 5.56 Å². The first-order chi connectivity index (χ1) is 13.8. The van der Waals surface area contributed by atoms with Gasteiger partial charge in [-0.05, 0) is 53.1 Å². The molecule has 1 aliphatic rings. The number of carboxylic acids is 1. The number of aromatic carboxylic acids is 1. The summed E-state index contributed by atoms with van der Waals surface area (Å²) in [5, 5.41) is 29.3. The van der Waals surface area contributed by atoms with Crippen molar-refractivity contribution in [2.24, 2.45) is 0 Å². The zero-order valence-corrected chi connectivity index (χ0v) is 14.7. The Balaban J connectivity index is 1.76. The van der Waals surface area contributed by atoms with Gasteiger partial charge in [-0.3, -0.25) is 4.79 Å². The van der Waals surface area contributed by atoms with E-state index in [0.29, 0.717) is 16.7 Å². The molecule has 146 valence electrons. The fourth-order valence-corrected chi connectivity index (χ4v) is 3.31. The third kappa shape index (κ3) is 3.04. The van der Waals surface area contributed by atoms with Crippen molar-refractivity contribution in [2.75, 3.05) is 4.90 Å². The first-order valence-electron chi connectivity index (χ1n) is 8.45. The lowest BCUT2D eigenvalue weighted by molar-refractivity contribution is 0.0693. The van der Waals surface area contributed by atoms with E-state index in [-0.39, 0.29) is 29.1 Å². The summed E-state index contributed by atoms with van der Waals surface area (Å²) in [5.41, 5.74) is 1.06. The van der Waals surface area contributed by atoms with Crippen LogP contribution in [0.25, 0.3) is 11.1 Å². The van der Waals surface area contributed by atoms with Crippen molar-refractivity contribution in [3.8, 4) is 22.6 Å². The molecule has 3 N–H and O–H groups in total. The molecule has 0 saturated carbocycles. The zero-order valence-electron chi connectivity index (χ0n) is 14.7. The minimum absolute atomic E-state index is 0.0243. The molecule has 0 saturated heterocycles. The molecule has 0 radical (unpaired) electrons. The molecule has 0 unspecified atom stereocenters. The van der Waals surface area contributed by atoms with Crippen molar-refractivity contribution in [3.05, 3.63) is 76.9 Å². The number of hydrogen-bond acceptors (Lipinski definition) is 4. The van der Waals surface area contributed by atoms with E-state index in [1.54, 1.807) is 0 Å². The third-order valence-corrected chi connectivity index (χ3v) is 4.78. The standard InChI is InChI=1S/C21H13F2NO5/c22-15-3-1-10(6-16(15)23)11-2-4-18(25)17(7-11)24-9-12-5-14(21(28)29)19(26)8-13(12)20(24)27/h1-8,25-26H,9H2,(H,28,29). The predicted molar refractivity (Wildman–Crippen MR) is 99.0 cm³/mol. The number of benzene rings is 3. The molecule has 6 nitrogen and oxygen atoms in total. The molecule has 4 rings (SSSR count). The summed E-state index contributed by atoms with van der Waals surface area (Å²) >= 11 is 0. The number of carbonyl (C=O) groups is 2. The number of carboxylic acid groups (broad SMARTS) is 1. The summed E-state index contributed by atoms with van der Waals surface area (Å²) in [4.78, 5) is 25.2. The SMILES string of the molecule is O=C(O)c1cc2c(cc1O)C(=O)N(c1cc(-c3ccc(F)c(F)c3)ccc1O)C2. The van der Waals surface area contributed by atoms with Crippen LogP contribution in [0.15, 0.2) is 48.5 Å². The molecule has 1 amide bonds. The van der Waals surface area contributed by atoms with Gasteiger partial charge in [0.1, 0.15) is 17.1 Å². The van der Waals surface area contributed by atoms with E-state index in [1.807, 2.05) is 0 Å². The summed E-state index contributed by atoms with van der Waals surface area (Å²) < 4.78 is 26.8. The molecule has 0 aromatic heterocycles. The number of carbonyl (C=O) groups excluding carboxylic acids is 1. The van der Waals surface area contributed by atoms with Crippen LogP contribution >= 0.6 is 0 Å². The van der Waals surface area contributed by atoms with Crippen LogP contribution in [-0.4, -0.2) is 27.2 Å². The van der Waals surface area contributed by atoms with Crippen LogP contribution in [0.1, 0.15) is 26.3 Å². The summed E-state index contributed by atoms with van der Waals surface area (Å²) in [5.74, 6) is -4.65. The molecule has 0 bridgehead atoms. The number of anilines is 1. The lowest BCUT2D eigenvalue weighted by atomic mass is 10.0. The molecular weight excluding hydrogens is 384 g/mol. The maximum Gasteiger partial charge on any atom is 0.339 e. The Morgan fingerprint density at radius 2 is 1.59 bits per heavy atom. The van der Waals surface area contributed by atoms with Gasteiger partial charge in [-0.15, -0.1) is 0 Å². The maximum atomic E-state index is 13.6. The highest BCUT2D eigenvalue weighted by molar-refractivity contribution is 6.12. The van der Waals surface area contributed by atoms with Gasteiger partial charge in [0.2, 0.25) is 0 Å². The smallest absolute Gasteiger partial charge is 0.339 e. The minimum Gasteiger partial charge on any atom is -0.507 e. The lowest BCUT2D eigenvalue weighted by Crippen LogP contribution is -2.23. The van der Waals surface area contributed by atoms with Gasteiger partial charge in [0.25, 0.3) is 5.91 Å². The molecule has 3 aromatic rings. The van der Waals surface area contributed by atoms with Crippen molar-refractivity contribution in [3.63, 3.8) is 0 Å². The summed E-state index contributed by atoms with van der Waals surface area (Å²) in [7, 11) is 0. The number of halogens is 2. The maximum absolute atomic E-state index is 13.6. The van der Waals surface area contributed by atoms with Gasteiger partial charge < -0.3 is 20.2 Å². The van der Waals surface area contributed by atoms with Crippen molar-refractivity contribution < 1.29 is 33.7 Å². The number of hydrogen-bond donors (Lipinski definition) is 3. The van der Waals surface area contributed by atoms with Crippen LogP contribution in [0, 0.1) is 11.6 Å². The van der Waals surface area contributed by atoms with E-state index in [0.717, 1.165) is 18.2 Å². The van der Waals surface area contributed by atoms with Crippen molar-refractivity contribution in [2.45, 2.75) is 6.54 Å². The Labute approximate surface area is 162 Å². The summed E-state index contributed by atoms with van der Waals surface area (Å²) in [6.07, 6.45) is 0. The number of amides is 1. The van der Waals surface area contributed by atoms with E-state index in [1.165, 1.54) is 35.2 Å². The predicted octanol–water partition coefficient (Wildman–Crippen LogP) is 3.90. The molecule has 0 spiro atoms. The molecule has 29 heavy (non-hydrogen) atoms. The Bertz CT molecular complexity index is 1190. The number of aromatic hydroxyl groups is 2. The quantitative estimate of drug-likeness (QED) is 0.623. The van der Waals surface area contributed by atoms with Crippen molar-refractivity contribution >= 4 is 17.6 Å². The van der Waals surface area contributed by atoms with Crippen LogP contribution in [0.5, 0.6) is 11.5 Å². The topological polar surface area (TPSA) is 98.1 Å². The Hall–Kier alpha value is -3.94. The number of phenolic OH excluding ortho intramolecular Hbond substituents is 1. The van der Waals surface area contributed by atoms with Crippen LogP contribution < -0.4 is 4.90 Å². The number of phenols is 2. The van der Waals surface area contributed by atoms with Crippen molar-refractivity contribution in [1.29, 1.82) is 0 Å². The van der Waals surface area contributed by atoms with Crippen LogP contribution in [-0.2, 0) is 6.54 Å². The molecule has 8 heteroatoms. The monoisotopic (exact) mass is 397 g/mol. The first kappa shape index (κ1) is 18.4.